The molecule has 0 spiro atoms. The van der Waals surface area contributed by atoms with Crippen LogP contribution >= 0.6 is 27.3 Å². The van der Waals surface area contributed by atoms with Crippen molar-refractivity contribution in [2.75, 3.05) is 0 Å². The van der Waals surface area contributed by atoms with Crippen molar-refractivity contribution in [3.8, 4) is 22.6 Å². The van der Waals surface area contributed by atoms with Crippen molar-refractivity contribution in [2.24, 2.45) is 0 Å². The monoisotopic (exact) mass is 530 g/mol. The van der Waals surface area contributed by atoms with E-state index >= 15 is 0 Å². The summed E-state index contributed by atoms with van der Waals surface area (Å²) in [6, 6.07) is 11.9. The minimum atomic E-state index is -0.432. The highest BCUT2D eigenvalue weighted by Gasteiger charge is 2.29. The van der Waals surface area contributed by atoms with Gasteiger partial charge in [-0.15, -0.1) is 11.3 Å². The van der Waals surface area contributed by atoms with Crippen molar-refractivity contribution in [1.82, 2.24) is 4.98 Å². The van der Waals surface area contributed by atoms with Crippen LogP contribution in [0.15, 0.2) is 54.2 Å². The molecule has 172 valence electrons. The average molecular weight is 531 g/mol. The van der Waals surface area contributed by atoms with Crippen molar-refractivity contribution >= 4 is 38.9 Å². The number of benzene rings is 2. The second-order valence-electron chi connectivity index (χ2n) is 7.86. The van der Waals surface area contributed by atoms with Gasteiger partial charge in [-0.1, -0.05) is 46.3 Å². The van der Waals surface area contributed by atoms with Crippen LogP contribution in [0.2, 0.25) is 0 Å². The number of nitro groups is 1. The van der Waals surface area contributed by atoms with E-state index in [1.165, 1.54) is 23.5 Å². The molecule has 0 amide bonds. The van der Waals surface area contributed by atoms with Gasteiger partial charge in [-0.05, 0) is 43.7 Å². The number of nitro benzene ring substituents is 1. The van der Waals surface area contributed by atoms with E-state index < -0.39 is 10.9 Å². The maximum absolute atomic E-state index is 12.6. The third-order valence-corrected chi connectivity index (χ3v) is 7.16. The summed E-state index contributed by atoms with van der Waals surface area (Å²) in [5.74, 6) is 0.0155. The van der Waals surface area contributed by atoms with Crippen LogP contribution in [0.3, 0.4) is 0 Å². The maximum atomic E-state index is 12.6. The summed E-state index contributed by atoms with van der Waals surface area (Å²) in [6.45, 7) is 0. The normalized spacial score (nSPS) is 18.0. The number of hydrogen-bond donors (Lipinski definition) is 0. The largest absolute Gasteiger partial charge is 0.486 e. The number of aromatic nitrogens is 1. The molecule has 7 nitrogen and oxygen atoms in total. The lowest BCUT2D eigenvalue weighted by atomic mass is 9.97. The highest BCUT2D eigenvalue weighted by Crippen LogP contribution is 2.46. The predicted molar refractivity (Wildman–Crippen MR) is 130 cm³/mol. The molecule has 3 aromatic rings. The zero-order chi connectivity index (χ0) is 23.2. The van der Waals surface area contributed by atoms with E-state index in [-0.39, 0.29) is 29.7 Å². The number of alkyl halides is 1. The third kappa shape index (κ3) is 5.97. The molecule has 1 heterocycles. The first-order valence-electron chi connectivity index (χ1n) is 10.8. The summed E-state index contributed by atoms with van der Waals surface area (Å²) in [5.41, 5.74) is 2.58. The Labute approximate surface area is 204 Å². The molecule has 0 aliphatic heterocycles. The molecule has 1 aromatic heterocycles. The Morgan fingerprint density at radius 3 is 2.73 bits per heavy atom. The number of rotatable bonds is 8. The van der Waals surface area contributed by atoms with Crippen molar-refractivity contribution in [3.05, 3.63) is 69.2 Å². The Hall–Kier alpha value is -2.78. The van der Waals surface area contributed by atoms with Crippen LogP contribution in [0.4, 0.5) is 5.69 Å². The lowest BCUT2D eigenvalue weighted by molar-refractivity contribution is -0.384. The zero-order valence-electron chi connectivity index (χ0n) is 17.8. The molecule has 0 radical (unpaired) electrons. The standard InChI is InChI=1S/C24H23BrN2O5S/c25-17-7-4-8-18(13-17)31-24-21(32-22(28)12-9-19-14-26-15-33-19)11-10-20(27(29)30)23(24)16-5-2-1-3-6-16/h1-3,5-6,10-11,14-15,17-18H,4,7-9,12-13H2. The first-order valence-corrected chi connectivity index (χ1v) is 12.6. The fraction of sp³-hybridized carbons (Fsp3) is 0.333. The van der Waals surface area contributed by atoms with E-state index in [4.69, 9.17) is 9.47 Å². The molecule has 9 heteroatoms. The number of esters is 1. The van der Waals surface area contributed by atoms with Crippen LogP contribution in [0.5, 0.6) is 11.5 Å². The Bertz CT molecular complexity index is 1110. The minimum absolute atomic E-state index is 0.0909. The Kier molecular flexibility index (Phi) is 7.72. The maximum Gasteiger partial charge on any atom is 0.311 e. The first kappa shape index (κ1) is 23.4. The topological polar surface area (TPSA) is 91.6 Å². The van der Waals surface area contributed by atoms with Gasteiger partial charge in [0.25, 0.3) is 5.69 Å². The minimum Gasteiger partial charge on any atom is -0.486 e. The van der Waals surface area contributed by atoms with E-state index in [2.05, 4.69) is 20.9 Å². The zero-order valence-corrected chi connectivity index (χ0v) is 20.2. The summed E-state index contributed by atoms with van der Waals surface area (Å²) in [4.78, 5) is 29.4. The van der Waals surface area contributed by atoms with E-state index in [9.17, 15) is 14.9 Å². The molecule has 2 atom stereocenters. The molecule has 1 aliphatic rings. The molecule has 0 bridgehead atoms. The quantitative estimate of drug-likeness (QED) is 0.111. The van der Waals surface area contributed by atoms with Crippen LogP contribution in [-0.4, -0.2) is 26.8 Å². The number of halogens is 1. The smallest absolute Gasteiger partial charge is 0.311 e. The van der Waals surface area contributed by atoms with Gasteiger partial charge in [-0.25, -0.2) is 0 Å². The van der Waals surface area contributed by atoms with Crippen LogP contribution in [-0.2, 0) is 11.2 Å². The Balaban J connectivity index is 1.69. The SMILES string of the molecule is O=C(CCc1cncs1)Oc1ccc([N+](=O)[O-])c(-c2ccccc2)c1OC1CCCC(Br)C1. The molecule has 2 aromatic carbocycles. The third-order valence-electron chi connectivity index (χ3n) is 5.49. The van der Waals surface area contributed by atoms with Gasteiger partial charge in [0.2, 0.25) is 0 Å². The molecule has 1 fully saturated rings. The molecule has 0 N–H and O–H groups in total. The number of hydrogen-bond acceptors (Lipinski definition) is 7. The van der Waals surface area contributed by atoms with Gasteiger partial charge in [-0.3, -0.25) is 19.9 Å². The molecular weight excluding hydrogens is 508 g/mol. The molecule has 0 saturated heterocycles. The number of ether oxygens (including phenoxy) is 2. The Morgan fingerprint density at radius 1 is 1.21 bits per heavy atom. The second kappa shape index (κ2) is 10.9. The van der Waals surface area contributed by atoms with Crippen LogP contribution in [0, 0.1) is 10.1 Å². The van der Waals surface area contributed by atoms with E-state index in [0.717, 1.165) is 30.6 Å². The van der Waals surface area contributed by atoms with Gasteiger partial charge < -0.3 is 9.47 Å². The fourth-order valence-electron chi connectivity index (χ4n) is 3.91. The summed E-state index contributed by atoms with van der Waals surface area (Å²) in [6.07, 6.45) is 5.93. The first-order chi connectivity index (χ1) is 16.0. The van der Waals surface area contributed by atoms with Crippen LogP contribution < -0.4 is 9.47 Å². The molecule has 2 unspecified atom stereocenters. The Morgan fingerprint density at radius 2 is 2.03 bits per heavy atom. The van der Waals surface area contributed by atoms with E-state index in [0.29, 0.717) is 22.4 Å². The van der Waals surface area contributed by atoms with Crippen molar-refractivity contribution < 1.29 is 19.2 Å². The van der Waals surface area contributed by atoms with Crippen LogP contribution in [0.1, 0.15) is 37.0 Å². The predicted octanol–water partition coefficient (Wildman–Crippen LogP) is 6.34. The summed E-state index contributed by atoms with van der Waals surface area (Å²) < 4.78 is 12.1. The lowest BCUT2D eigenvalue weighted by Gasteiger charge is -2.28. The summed E-state index contributed by atoms with van der Waals surface area (Å²) in [7, 11) is 0. The second-order valence-corrected chi connectivity index (χ2v) is 10.1. The number of carbonyl (C=O) groups excluding carboxylic acids is 1. The number of nitrogens with zero attached hydrogens (tertiary/aromatic N) is 2. The molecular formula is C24H23BrN2O5S. The summed E-state index contributed by atoms with van der Waals surface area (Å²) in [5, 5.41) is 11.9. The molecule has 1 saturated carbocycles. The van der Waals surface area contributed by atoms with Crippen molar-refractivity contribution in [1.29, 1.82) is 0 Å². The lowest BCUT2D eigenvalue weighted by Crippen LogP contribution is -2.26. The van der Waals surface area contributed by atoms with Crippen molar-refractivity contribution in [2.45, 2.75) is 49.5 Å². The highest BCUT2D eigenvalue weighted by molar-refractivity contribution is 9.09. The van der Waals surface area contributed by atoms with Gasteiger partial charge in [0.05, 0.1) is 16.9 Å². The van der Waals surface area contributed by atoms with E-state index in [1.54, 1.807) is 23.8 Å². The van der Waals surface area contributed by atoms with Gasteiger partial charge >= 0.3 is 5.97 Å². The van der Waals surface area contributed by atoms with Crippen molar-refractivity contribution in [3.63, 3.8) is 0 Å². The number of carbonyl (C=O) groups is 1. The molecule has 33 heavy (non-hydrogen) atoms. The van der Waals surface area contributed by atoms with E-state index in [1.807, 2.05) is 18.2 Å². The highest BCUT2D eigenvalue weighted by atomic mass is 79.9. The fourth-order valence-corrected chi connectivity index (χ4v) is 5.25. The van der Waals surface area contributed by atoms with Gasteiger partial charge in [0.1, 0.15) is 11.7 Å². The van der Waals surface area contributed by atoms with Gasteiger partial charge in [0, 0.05) is 22.0 Å². The average Bonchev–Trinajstić information content (AvgIpc) is 3.33. The van der Waals surface area contributed by atoms with Gasteiger partial charge in [-0.2, -0.15) is 0 Å². The van der Waals surface area contributed by atoms with Crippen LogP contribution in [0.25, 0.3) is 11.1 Å². The number of thiazole rings is 1. The molecule has 1 aliphatic carbocycles. The summed E-state index contributed by atoms with van der Waals surface area (Å²) >= 11 is 5.14. The van der Waals surface area contributed by atoms with Gasteiger partial charge in [0.15, 0.2) is 11.5 Å². The molecule has 4 rings (SSSR count). The number of aryl methyl sites for hydroxylation is 1.